The van der Waals surface area contributed by atoms with Crippen LogP contribution in [0.1, 0.15) is 22.8 Å². The molecular weight excluding hydrogens is 324 g/mol. The van der Waals surface area contributed by atoms with Gasteiger partial charge in [0, 0.05) is 23.7 Å². The SMILES string of the molecule is CCN(Cc1ccccc1Cl)C(=O)c1ccc(-n2cncn2)cc1. The highest BCUT2D eigenvalue weighted by atomic mass is 35.5. The molecule has 0 bridgehead atoms. The summed E-state index contributed by atoms with van der Waals surface area (Å²) in [6.45, 7) is 3.05. The molecule has 0 atom stereocenters. The minimum Gasteiger partial charge on any atom is -0.335 e. The van der Waals surface area contributed by atoms with E-state index in [2.05, 4.69) is 10.1 Å². The number of carbonyl (C=O) groups is 1. The minimum atomic E-state index is -0.0254. The molecule has 1 amide bonds. The van der Waals surface area contributed by atoms with Crippen LogP contribution in [-0.2, 0) is 6.54 Å². The molecule has 1 heterocycles. The normalized spacial score (nSPS) is 10.6. The van der Waals surface area contributed by atoms with Gasteiger partial charge in [-0.1, -0.05) is 29.8 Å². The lowest BCUT2D eigenvalue weighted by Crippen LogP contribution is -2.30. The molecule has 0 fully saturated rings. The molecule has 2 aromatic carbocycles. The number of aromatic nitrogens is 3. The van der Waals surface area contributed by atoms with Gasteiger partial charge >= 0.3 is 0 Å². The smallest absolute Gasteiger partial charge is 0.254 e. The third-order valence-corrected chi connectivity index (χ3v) is 4.15. The maximum Gasteiger partial charge on any atom is 0.254 e. The predicted molar refractivity (Wildman–Crippen MR) is 93.2 cm³/mol. The van der Waals surface area contributed by atoms with Crippen molar-refractivity contribution in [1.82, 2.24) is 19.7 Å². The number of amides is 1. The molecule has 122 valence electrons. The van der Waals surface area contributed by atoms with Gasteiger partial charge in [-0.05, 0) is 42.8 Å². The summed E-state index contributed by atoms with van der Waals surface area (Å²) in [4.78, 5) is 18.4. The monoisotopic (exact) mass is 340 g/mol. The van der Waals surface area contributed by atoms with E-state index in [0.29, 0.717) is 23.7 Å². The van der Waals surface area contributed by atoms with Gasteiger partial charge in [-0.2, -0.15) is 5.10 Å². The Balaban J connectivity index is 1.77. The predicted octanol–water partition coefficient (Wildman–Crippen LogP) is 3.58. The zero-order valence-electron chi connectivity index (χ0n) is 13.3. The molecule has 3 rings (SSSR count). The quantitative estimate of drug-likeness (QED) is 0.713. The number of hydrogen-bond acceptors (Lipinski definition) is 3. The van der Waals surface area contributed by atoms with Gasteiger partial charge in [0.2, 0.25) is 0 Å². The van der Waals surface area contributed by atoms with Gasteiger partial charge in [-0.15, -0.1) is 0 Å². The highest BCUT2D eigenvalue weighted by Crippen LogP contribution is 2.18. The van der Waals surface area contributed by atoms with Gasteiger partial charge in [0.25, 0.3) is 5.91 Å². The Hall–Kier alpha value is -2.66. The van der Waals surface area contributed by atoms with Gasteiger partial charge in [0.05, 0.1) is 5.69 Å². The van der Waals surface area contributed by atoms with Crippen LogP contribution in [0.2, 0.25) is 5.02 Å². The lowest BCUT2D eigenvalue weighted by Gasteiger charge is -2.21. The van der Waals surface area contributed by atoms with Gasteiger partial charge in [-0.25, -0.2) is 9.67 Å². The van der Waals surface area contributed by atoms with E-state index in [1.807, 2.05) is 43.3 Å². The van der Waals surface area contributed by atoms with Crippen LogP contribution in [0.4, 0.5) is 0 Å². The maximum absolute atomic E-state index is 12.7. The zero-order chi connectivity index (χ0) is 16.9. The third-order valence-electron chi connectivity index (χ3n) is 3.79. The van der Waals surface area contributed by atoms with Gasteiger partial charge in [0.15, 0.2) is 0 Å². The number of halogens is 1. The van der Waals surface area contributed by atoms with Crippen LogP contribution < -0.4 is 0 Å². The summed E-state index contributed by atoms with van der Waals surface area (Å²) < 4.78 is 1.65. The fourth-order valence-corrected chi connectivity index (χ4v) is 2.64. The number of benzene rings is 2. The Morgan fingerprint density at radius 1 is 1.17 bits per heavy atom. The number of hydrogen-bond donors (Lipinski definition) is 0. The van der Waals surface area contributed by atoms with E-state index in [1.54, 1.807) is 28.0 Å². The summed E-state index contributed by atoms with van der Waals surface area (Å²) in [5, 5.41) is 4.74. The fourth-order valence-electron chi connectivity index (χ4n) is 2.44. The standard InChI is InChI=1S/C18H17ClN4O/c1-2-22(11-15-5-3-4-6-17(15)19)18(24)14-7-9-16(10-8-14)23-13-20-12-21-23/h3-10,12-13H,2,11H2,1H3. The molecule has 0 saturated carbocycles. The summed E-state index contributed by atoms with van der Waals surface area (Å²) in [5.41, 5.74) is 2.43. The second-order valence-electron chi connectivity index (χ2n) is 5.30. The van der Waals surface area contributed by atoms with Crippen LogP contribution in [-0.4, -0.2) is 32.1 Å². The van der Waals surface area contributed by atoms with E-state index >= 15 is 0 Å². The first-order chi connectivity index (χ1) is 11.7. The van der Waals surface area contributed by atoms with Crippen molar-refractivity contribution in [3.63, 3.8) is 0 Å². The average molecular weight is 341 g/mol. The Bertz CT molecular complexity index is 815. The molecule has 1 aromatic heterocycles. The van der Waals surface area contributed by atoms with E-state index in [0.717, 1.165) is 11.3 Å². The molecule has 0 unspecified atom stereocenters. The Morgan fingerprint density at radius 3 is 2.54 bits per heavy atom. The van der Waals surface area contributed by atoms with Crippen molar-refractivity contribution in [2.24, 2.45) is 0 Å². The largest absolute Gasteiger partial charge is 0.335 e. The van der Waals surface area contributed by atoms with E-state index in [1.165, 1.54) is 6.33 Å². The van der Waals surface area contributed by atoms with E-state index < -0.39 is 0 Å². The number of rotatable bonds is 5. The van der Waals surface area contributed by atoms with Crippen molar-refractivity contribution >= 4 is 17.5 Å². The topological polar surface area (TPSA) is 51.0 Å². The molecule has 0 aliphatic carbocycles. The Morgan fingerprint density at radius 2 is 1.92 bits per heavy atom. The van der Waals surface area contributed by atoms with Crippen LogP contribution in [0.15, 0.2) is 61.2 Å². The van der Waals surface area contributed by atoms with Crippen LogP contribution in [0, 0.1) is 0 Å². The van der Waals surface area contributed by atoms with Crippen molar-refractivity contribution in [3.8, 4) is 5.69 Å². The summed E-state index contributed by atoms with van der Waals surface area (Å²) in [6.07, 6.45) is 3.09. The first kappa shape index (κ1) is 16.2. The van der Waals surface area contributed by atoms with Crippen molar-refractivity contribution in [3.05, 3.63) is 77.3 Å². The lowest BCUT2D eigenvalue weighted by molar-refractivity contribution is 0.0752. The Labute approximate surface area is 145 Å². The summed E-state index contributed by atoms with van der Waals surface area (Å²) in [7, 11) is 0. The maximum atomic E-state index is 12.7. The van der Waals surface area contributed by atoms with Crippen molar-refractivity contribution < 1.29 is 4.79 Å². The third kappa shape index (κ3) is 3.46. The molecule has 24 heavy (non-hydrogen) atoms. The molecule has 0 spiro atoms. The Kier molecular flexibility index (Phi) is 4.91. The molecule has 5 nitrogen and oxygen atoms in total. The summed E-state index contributed by atoms with van der Waals surface area (Å²) in [5.74, 6) is -0.0254. The van der Waals surface area contributed by atoms with E-state index in [9.17, 15) is 4.79 Å². The average Bonchev–Trinajstić information content (AvgIpc) is 3.15. The fraction of sp³-hybridized carbons (Fsp3) is 0.167. The first-order valence-electron chi connectivity index (χ1n) is 7.66. The van der Waals surface area contributed by atoms with Crippen molar-refractivity contribution in [2.45, 2.75) is 13.5 Å². The van der Waals surface area contributed by atoms with Crippen LogP contribution in [0.25, 0.3) is 5.69 Å². The van der Waals surface area contributed by atoms with Crippen LogP contribution >= 0.6 is 11.6 Å². The van der Waals surface area contributed by atoms with Gasteiger partial charge < -0.3 is 4.90 Å². The van der Waals surface area contributed by atoms with Crippen LogP contribution in [0.3, 0.4) is 0 Å². The molecule has 3 aromatic rings. The zero-order valence-corrected chi connectivity index (χ0v) is 14.0. The number of carbonyl (C=O) groups excluding carboxylic acids is 1. The second-order valence-corrected chi connectivity index (χ2v) is 5.70. The van der Waals surface area contributed by atoms with Crippen LogP contribution in [0.5, 0.6) is 0 Å². The van der Waals surface area contributed by atoms with Crippen molar-refractivity contribution in [1.29, 1.82) is 0 Å². The number of nitrogens with zero attached hydrogens (tertiary/aromatic N) is 4. The molecule has 6 heteroatoms. The lowest BCUT2D eigenvalue weighted by atomic mass is 10.1. The molecule has 0 radical (unpaired) electrons. The van der Waals surface area contributed by atoms with Gasteiger partial charge in [0.1, 0.15) is 12.7 Å². The van der Waals surface area contributed by atoms with E-state index in [4.69, 9.17) is 11.6 Å². The highest BCUT2D eigenvalue weighted by molar-refractivity contribution is 6.31. The van der Waals surface area contributed by atoms with Gasteiger partial charge in [-0.3, -0.25) is 4.79 Å². The molecular formula is C18H17ClN4O. The minimum absolute atomic E-state index is 0.0254. The molecule has 0 saturated heterocycles. The molecule has 0 aliphatic rings. The van der Waals surface area contributed by atoms with E-state index in [-0.39, 0.29) is 5.91 Å². The van der Waals surface area contributed by atoms with Crippen molar-refractivity contribution in [2.75, 3.05) is 6.54 Å². The molecule has 0 N–H and O–H groups in total. The summed E-state index contributed by atoms with van der Waals surface area (Å²) >= 11 is 6.20. The highest BCUT2D eigenvalue weighted by Gasteiger charge is 2.15. The second kappa shape index (κ2) is 7.27. The molecule has 0 aliphatic heterocycles. The summed E-state index contributed by atoms with van der Waals surface area (Å²) in [6, 6.07) is 14.9. The first-order valence-corrected chi connectivity index (χ1v) is 8.04.